The van der Waals surface area contributed by atoms with Crippen LogP contribution in [-0.2, 0) is 30.2 Å². The van der Waals surface area contributed by atoms with Gasteiger partial charge in [-0.3, -0.25) is 18.7 Å². The maximum Gasteiger partial charge on any atom is 0.332 e. The Bertz CT molecular complexity index is 848. The van der Waals surface area contributed by atoms with Crippen LogP contribution in [0.15, 0.2) is 15.9 Å². The standard InChI is InChI=1S/C15H22N4O5/c1-4-5-10(20)8-11(21)24-7-6-19-9-16-13-12(19)14(22)18(3)15(23)17(13)2/h9-10,20H,4-8H2,1-3H3/t10-/m0/s1. The topological polar surface area (TPSA) is 108 Å². The first kappa shape index (κ1) is 17.9. The Morgan fingerprint density at radius 3 is 2.71 bits per heavy atom. The summed E-state index contributed by atoms with van der Waals surface area (Å²) in [6.45, 7) is 2.21. The molecule has 0 bridgehead atoms. The molecule has 0 aliphatic heterocycles. The molecule has 0 aliphatic rings. The fourth-order valence-electron chi connectivity index (χ4n) is 2.51. The molecular formula is C15H22N4O5. The Labute approximate surface area is 138 Å². The van der Waals surface area contributed by atoms with Crippen molar-refractivity contribution in [2.24, 2.45) is 14.1 Å². The quantitative estimate of drug-likeness (QED) is 0.684. The number of carbonyl (C=O) groups excluding carboxylic acids is 1. The molecule has 0 radical (unpaired) electrons. The van der Waals surface area contributed by atoms with Crippen molar-refractivity contribution in [1.82, 2.24) is 18.7 Å². The zero-order valence-corrected chi connectivity index (χ0v) is 14.1. The van der Waals surface area contributed by atoms with E-state index in [1.54, 1.807) is 4.57 Å². The number of imidazole rings is 1. The second kappa shape index (κ2) is 7.43. The second-order valence-corrected chi connectivity index (χ2v) is 5.68. The lowest BCUT2D eigenvalue weighted by molar-refractivity contribution is -0.146. The number of rotatable bonds is 7. The molecule has 1 atom stereocenters. The van der Waals surface area contributed by atoms with Crippen LogP contribution in [0.4, 0.5) is 0 Å². The summed E-state index contributed by atoms with van der Waals surface area (Å²) in [7, 11) is 2.94. The molecule has 2 rings (SSSR count). The lowest BCUT2D eigenvalue weighted by Gasteiger charge is -2.10. The predicted octanol–water partition coefficient (Wildman–Crippen LogP) is -0.472. The monoisotopic (exact) mass is 338 g/mol. The van der Waals surface area contributed by atoms with Gasteiger partial charge in [0.15, 0.2) is 11.2 Å². The van der Waals surface area contributed by atoms with E-state index in [1.165, 1.54) is 25.0 Å². The number of ether oxygens (including phenoxy) is 1. The van der Waals surface area contributed by atoms with E-state index in [1.807, 2.05) is 6.92 Å². The second-order valence-electron chi connectivity index (χ2n) is 5.68. The molecule has 2 aromatic heterocycles. The van der Waals surface area contributed by atoms with Gasteiger partial charge in [-0.2, -0.15) is 0 Å². The Morgan fingerprint density at radius 1 is 1.33 bits per heavy atom. The van der Waals surface area contributed by atoms with Gasteiger partial charge in [-0.05, 0) is 6.42 Å². The highest BCUT2D eigenvalue weighted by atomic mass is 16.5. The van der Waals surface area contributed by atoms with Gasteiger partial charge in [-0.1, -0.05) is 13.3 Å². The molecule has 9 nitrogen and oxygen atoms in total. The van der Waals surface area contributed by atoms with Crippen LogP contribution in [0.1, 0.15) is 26.2 Å². The first-order valence-electron chi connectivity index (χ1n) is 7.81. The van der Waals surface area contributed by atoms with Crippen LogP contribution in [0.25, 0.3) is 11.2 Å². The van der Waals surface area contributed by atoms with Crippen molar-refractivity contribution in [1.29, 1.82) is 0 Å². The predicted molar refractivity (Wildman–Crippen MR) is 86.7 cm³/mol. The van der Waals surface area contributed by atoms with E-state index in [0.29, 0.717) is 6.42 Å². The van der Waals surface area contributed by atoms with E-state index in [2.05, 4.69) is 4.98 Å². The zero-order valence-electron chi connectivity index (χ0n) is 14.1. The molecule has 0 aromatic carbocycles. The highest BCUT2D eigenvalue weighted by Crippen LogP contribution is 2.06. The lowest BCUT2D eigenvalue weighted by atomic mass is 10.1. The normalized spacial score (nSPS) is 12.5. The molecule has 9 heteroatoms. The third-order valence-corrected chi connectivity index (χ3v) is 3.84. The Morgan fingerprint density at radius 2 is 2.04 bits per heavy atom. The number of hydrogen-bond acceptors (Lipinski definition) is 6. The molecule has 0 saturated carbocycles. The van der Waals surface area contributed by atoms with Crippen molar-refractivity contribution in [2.75, 3.05) is 6.61 Å². The summed E-state index contributed by atoms with van der Waals surface area (Å²) in [5.74, 6) is -0.485. The maximum atomic E-state index is 12.2. The van der Waals surface area contributed by atoms with E-state index in [0.717, 1.165) is 11.0 Å². The minimum absolute atomic E-state index is 0.0468. The van der Waals surface area contributed by atoms with Crippen LogP contribution in [0.3, 0.4) is 0 Å². The van der Waals surface area contributed by atoms with E-state index in [4.69, 9.17) is 4.74 Å². The summed E-state index contributed by atoms with van der Waals surface area (Å²) in [5, 5.41) is 9.58. The summed E-state index contributed by atoms with van der Waals surface area (Å²) < 4.78 is 8.93. The van der Waals surface area contributed by atoms with Crippen LogP contribution >= 0.6 is 0 Å². The largest absolute Gasteiger partial charge is 0.464 e. The highest BCUT2D eigenvalue weighted by molar-refractivity contribution is 5.70. The molecule has 0 amide bonds. The van der Waals surface area contributed by atoms with Gasteiger partial charge in [0.1, 0.15) is 6.61 Å². The maximum absolute atomic E-state index is 12.2. The minimum Gasteiger partial charge on any atom is -0.464 e. The fraction of sp³-hybridized carbons (Fsp3) is 0.600. The minimum atomic E-state index is -0.696. The molecule has 132 valence electrons. The van der Waals surface area contributed by atoms with Crippen LogP contribution in [0.5, 0.6) is 0 Å². The summed E-state index contributed by atoms with van der Waals surface area (Å²) in [5.41, 5.74) is -0.334. The number of carbonyl (C=O) groups is 1. The summed E-state index contributed by atoms with van der Waals surface area (Å²) >= 11 is 0. The van der Waals surface area contributed by atoms with E-state index >= 15 is 0 Å². The van der Waals surface area contributed by atoms with Crippen LogP contribution in [0.2, 0.25) is 0 Å². The van der Waals surface area contributed by atoms with Gasteiger partial charge >= 0.3 is 11.7 Å². The average molecular weight is 338 g/mol. The van der Waals surface area contributed by atoms with Crippen molar-refractivity contribution in [3.63, 3.8) is 0 Å². The summed E-state index contributed by atoms with van der Waals surface area (Å²) in [6.07, 6.45) is 2.03. The number of esters is 1. The molecule has 2 aromatic rings. The zero-order chi connectivity index (χ0) is 17.9. The van der Waals surface area contributed by atoms with Gasteiger partial charge in [-0.25, -0.2) is 9.78 Å². The van der Waals surface area contributed by atoms with Crippen molar-refractivity contribution in [2.45, 2.75) is 38.8 Å². The molecule has 0 saturated heterocycles. The number of aromatic nitrogens is 4. The average Bonchev–Trinajstić information content (AvgIpc) is 2.95. The Balaban J connectivity index is 2.08. The van der Waals surface area contributed by atoms with Gasteiger partial charge < -0.3 is 14.4 Å². The number of hydrogen-bond donors (Lipinski definition) is 1. The number of nitrogens with zero attached hydrogens (tertiary/aromatic N) is 4. The number of fused-ring (bicyclic) bond motifs is 1. The highest BCUT2D eigenvalue weighted by Gasteiger charge is 2.15. The van der Waals surface area contributed by atoms with Crippen molar-refractivity contribution < 1.29 is 14.6 Å². The Hall–Kier alpha value is -2.42. The molecule has 24 heavy (non-hydrogen) atoms. The SMILES string of the molecule is CCC[C@H](O)CC(=O)OCCn1cnc2c1c(=O)n(C)c(=O)n2C. The Kier molecular flexibility index (Phi) is 5.55. The summed E-state index contributed by atoms with van der Waals surface area (Å²) in [4.78, 5) is 39.8. The van der Waals surface area contributed by atoms with E-state index in [-0.39, 0.29) is 30.7 Å². The lowest BCUT2D eigenvalue weighted by Crippen LogP contribution is -2.37. The van der Waals surface area contributed by atoms with Gasteiger partial charge in [-0.15, -0.1) is 0 Å². The molecule has 0 aliphatic carbocycles. The number of aliphatic hydroxyl groups excluding tert-OH is 1. The van der Waals surface area contributed by atoms with Gasteiger partial charge in [0.05, 0.1) is 25.4 Å². The summed E-state index contributed by atoms with van der Waals surface area (Å²) in [6, 6.07) is 0. The van der Waals surface area contributed by atoms with Crippen LogP contribution < -0.4 is 11.2 Å². The molecule has 1 N–H and O–H groups in total. The number of aliphatic hydroxyl groups is 1. The van der Waals surface area contributed by atoms with Gasteiger partial charge in [0.2, 0.25) is 0 Å². The van der Waals surface area contributed by atoms with Crippen molar-refractivity contribution >= 4 is 17.1 Å². The molecule has 2 heterocycles. The first-order valence-corrected chi connectivity index (χ1v) is 7.81. The number of aryl methyl sites for hydroxylation is 1. The van der Waals surface area contributed by atoms with Gasteiger partial charge in [0.25, 0.3) is 5.56 Å². The third-order valence-electron chi connectivity index (χ3n) is 3.84. The van der Waals surface area contributed by atoms with Gasteiger partial charge in [0, 0.05) is 14.1 Å². The molecule has 0 unspecified atom stereocenters. The first-order chi connectivity index (χ1) is 11.4. The molecule has 0 spiro atoms. The van der Waals surface area contributed by atoms with Crippen LogP contribution in [0, 0.1) is 0 Å². The third kappa shape index (κ3) is 3.56. The van der Waals surface area contributed by atoms with Crippen LogP contribution in [-0.4, -0.2) is 42.5 Å². The van der Waals surface area contributed by atoms with Crippen molar-refractivity contribution in [3.05, 3.63) is 27.2 Å². The molecule has 0 fully saturated rings. The molecular weight excluding hydrogens is 316 g/mol. The smallest absolute Gasteiger partial charge is 0.332 e. The van der Waals surface area contributed by atoms with Crippen molar-refractivity contribution in [3.8, 4) is 0 Å². The fourth-order valence-corrected chi connectivity index (χ4v) is 2.51. The van der Waals surface area contributed by atoms with E-state index in [9.17, 15) is 19.5 Å². The van der Waals surface area contributed by atoms with E-state index < -0.39 is 23.3 Å².